The monoisotopic (exact) mass is 424 g/mol. The highest BCUT2D eigenvalue weighted by Gasteiger charge is 2.47. The topological polar surface area (TPSA) is 144 Å². The van der Waals surface area contributed by atoms with E-state index in [1.807, 2.05) is 6.07 Å². The van der Waals surface area contributed by atoms with Gasteiger partial charge >= 0.3 is 13.6 Å². The van der Waals surface area contributed by atoms with Crippen molar-refractivity contribution in [2.24, 2.45) is 5.41 Å². The maximum atomic E-state index is 13.1. The van der Waals surface area contributed by atoms with Crippen molar-refractivity contribution in [1.29, 1.82) is 0 Å². The summed E-state index contributed by atoms with van der Waals surface area (Å²) in [5.41, 5.74) is 0.114. The number of hydrogen-bond acceptors (Lipinski definition) is 4. The van der Waals surface area contributed by atoms with E-state index in [1.54, 1.807) is 18.2 Å². The van der Waals surface area contributed by atoms with E-state index in [-0.39, 0.29) is 6.42 Å². The summed E-state index contributed by atoms with van der Waals surface area (Å²) in [6.07, 6.45) is 2.27. The van der Waals surface area contributed by atoms with E-state index < -0.39 is 49.5 Å². The number of aryl methyl sites for hydroxylation is 1. The van der Waals surface area contributed by atoms with Crippen molar-refractivity contribution in [2.45, 2.75) is 44.6 Å². The number of fused-ring (bicyclic) bond motifs is 1. The second-order valence-electron chi connectivity index (χ2n) is 7.82. The number of carbonyl (C=O) groups is 3. The van der Waals surface area contributed by atoms with Crippen molar-refractivity contribution in [2.75, 3.05) is 17.6 Å². The Balaban J connectivity index is 1.85. The van der Waals surface area contributed by atoms with Gasteiger partial charge in [-0.15, -0.1) is 0 Å². The molecule has 1 fully saturated rings. The van der Waals surface area contributed by atoms with Gasteiger partial charge in [0, 0.05) is 5.69 Å². The van der Waals surface area contributed by atoms with Gasteiger partial charge in [-0.3, -0.25) is 23.8 Å². The van der Waals surface area contributed by atoms with Gasteiger partial charge in [-0.2, -0.15) is 0 Å². The molecule has 2 aliphatic rings. The van der Waals surface area contributed by atoms with Crippen LogP contribution in [0.2, 0.25) is 0 Å². The number of rotatable bonds is 6. The van der Waals surface area contributed by atoms with Crippen molar-refractivity contribution in [1.82, 2.24) is 5.32 Å². The lowest BCUT2D eigenvalue weighted by molar-refractivity contribution is -0.137. The molecule has 1 aromatic rings. The molecule has 2 amide bonds. The summed E-state index contributed by atoms with van der Waals surface area (Å²) in [7, 11) is -4.42. The van der Waals surface area contributed by atoms with Gasteiger partial charge in [-0.25, -0.2) is 0 Å². The average Bonchev–Trinajstić information content (AvgIpc) is 3.06. The quantitative estimate of drug-likeness (QED) is 0.504. The molecule has 1 aromatic carbocycles. The Morgan fingerprint density at radius 2 is 1.86 bits per heavy atom. The fourth-order valence-electron chi connectivity index (χ4n) is 4.36. The molecule has 10 heteroatoms. The first-order valence-electron chi connectivity index (χ1n) is 9.58. The normalized spacial score (nSPS) is 21.4. The van der Waals surface area contributed by atoms with Crippen LogP contribution in [0.5, 0.6) is 0 Å². The van der Waals surface area contributed by atoms with Gasteiger partial charge in [0.05, 0.1) is 11.6 Å². The number of anilines is 1. The average molecular weight is 424 g/mol. The van der Waals surface area contributed by atoms with Crippen LogP contribution in [0.3, 0.4) is 0 Å². The Bertz CT molecular complexity index is 860. The minimum atomic E-state index is -4.42. The van der Waals surface area contributed by atoms with Gasteiger partial charge in [0.1, 0.15) is 12.6 Å². The summed E-state index contributed by atoms with van der Waals surface area (Å²) in [6.45, 7) is -0.532. The number of nitrogens with zero attached hydrogens (tertiary/aromatic N) is 1. The molecule has 4 N–H and O–H groups in total. The van der Waals surface area contributed by atoms with E-state index in [0.29, 0.717) is 37.8 Å². The summed E-state index contributed by atoms with van der Waals surface area (Å²) >= 11 is 0. The van der Waals surface area contributed by atoms with E-state index in [2.05, 4.69) is 5.32 Å². The van der Waals surface area contributed by atoms with Gasteiger partial charge in [-0.05, 0) is 37.3 Å². The largest absolute Gasteiger partial charge is 0.480 e. The fraction of sp³-hybridized carbons (Fsp3) is 0.526. The maximum absolute atomic E-state index is 13.1. The molecule has 1 aliphatic heterocycles. The molecule has 3 rings (SSSR count). The van der Waals surface area contributed by atoms with Crippen LogP contribution in [0, 0.1) is 5.41 Å². The third-order valence-electron chi connectivity index (χ3n) is 5.70. The Kier molecular flexibility index (Phi) is 6.12. The second kappa shape index (κ2) is 8.26. The van der Waals surface area contributed by atoms with Gasteiger partial charge < -0.3 is 20.2 Å². The third-order valence-corrected chi connectivity index (χ3v) is 6.72. The fourth-order valence-corrected chi connectivity index (χ4v) is 5.61. The van der Waals surface area contributed by atoms with E-state index in [4.69, 9.17) is 0 Å². The van der Waals surface area contributed by atoms with Crippen molar-refractivity contribution in [3.8, 4) is 0 Å². The molecule has 9 nitrogen and oxygen atoms in total. The lowest BCUT2D eigenvalue weighted by Gasteiger charge is -2.31. The van der Waals surface area contributed by atoms with Crippen molar-refractivity contribution in [3.05, 3.63) is 29.8 Å². The smallest absolute Gasteiger partial charge is 0.326 e. The number of para-hydroxylation sites is 1. The molecule has 1 aliphatic carbocycles. The van der Waals surface area contributed by atoms with E-state index >= 15 is 0 Å². The van der Waals surface area contributed by atoms with Crippen LogP contribution in [0.1, 0.15) is 37.7 Å². The summed E-state index contributed by atoms with van der Waals surface area (Å²) in [4.78, 5) is 57.5. The predicted molar refractivity (Wildman–Crippen MR) is 104 cm³/mol. The van der Waals surface area contributed by atoms with E-state index in [9.17, 15) is 33.8 Å². The Hall–Kier alpha value is -2.22. The number of benzene rings is 1. The first-order chi connectivity index (χ1) is 13.6. The molecular weight excluding hydrogens is 399 g/mol. The second-order valence-corrected chi connectivity index (χ2v) is 9.47. The number of carboxylic acid groups (broad SMARTS) is 1. The van der Waals surface area contributed by atoms with Gasteiger partial charge in [0.15, 0.2) is 0 Å². The third kappa shape index (κ3) is 4.86. The zero-order valence-electron chi connectivity index (χ0n) is 15.9. The van der Waals surface area contributed by atoms with Crippen LogP contribution in [-0.2, 0) is 25.4 Å². The van der Waals surface area contributed by atoms with E-state index in [1.165, 1.54) is 0 Å². The molecule has 0 aromatic heterocycles. The molecule has 0 radical (unpaired) electrons. The Morgan fingerprint density at radius 3 is 2.48 bits per heavy atom. The molecular formula is C19H25N2O7P. The highest BCUT2D eigenvalue weighted by Crippen LogP contribution is 2.50. The van der Waals surface area contributed by atoms with Crippen LogP contribution in [-0.4, -0.2) is 51.4 Å². The Labute approximate surface area is 168 Å². The highest BCUT2D eigenvalue weighted by atomic mass is 31.2. The molecule has 0 unspecified atom stereocenters. The summed E-state index contributed by atoms with van der Waals surface area (Å²) < 4.78 is 11.6. The highest BCUT2D eigenvalue weighted by molar-refractivity contribution is 7.51. The first-order valence-corrected chi connectivity index (χ1v) is 11.4. The van der Waals surface area contributed by atoms with Gasteiger partial charge in [-0.1, -0.05) is 31.0 Å². The molecule has 0 spiro atoms. The van der Waals surface area contributed by atoms with E-state index in [0.717, 1.165) is 10.5 Å². The number of amides is 2. The molecule has 158 valence electrons. The maximum Gasteiger partial charge on any atom is 0.326 e. The van der Waals surface area contributed by atoms with Crippen molar-refractivity contribution in [3.63, 3.8) is 0 Å². The number of hydrogen-bond donors (Lipinski definition) is 4. The zero-order valence-corrected chi connectivity index (χ0v) is 16.8. The molecule has 0 bridgehead atoms. The molecule has 29 heavy (non-hydrogen) atoms. The summed E-state index contributed by atoms with van der Waals surface area (Å²) in [5.74, 6) is -2.25. The van der Waals surface area contributed by atoms with Crippen LogP contribution in [0.4, 0.5) is 5.69 Å². The van der Waals surface area contributed by atoms with Crippen LogP contribution in [0.15, 0.2) is 24.3 Å². The van der Waals surface area contributed by atoms with Gasteiger partial charge in [0.2, 0.25) is 11.8 Å². The minimum Gasteiger partial charge on any atom is -0.480 e. The predicted octanol–water partition coefficient (Wildman–Crippen LogP) is 1.27. The number of nitrogens with one attached hydrogen (secondary N) is 1. The van der Waals surface area contributed by atoms with Crippen LogP contribution < -0.4 is 10.2 Å². The lowest BCUT2D eigenvalue weighted by Crippen LogP contribution is -2.53. The van der Waals surface area contributed by atoms with Crippen LogP contribution >= 0.6 is 7.60 Å². The molecule has 1 saturated carbocycles. The minimum absolute atomic E-state index is 0.281. The lowest BCUT2D eigenvalue weighted by atomic mass is 9.87. The van der Waals surface area contributed by atoms with Crippen molar-refractivity contribution < 1.29 is 33.8 Å². The number of carbonyl (C=O) groups excluding carboxylic acids is 2. The molecule has 1 heterocycles. The summed E-state index contributed by atoms with van der Waals surface area (Å²) in [5, 5.41) is 11.9. The van der Waals surface area contributed by atoms with Crippen LogP contribution in [0.25, 0.3) is 0 Å². The first kappa shape index (κ1) is 21.5. The van der Waals surface area contributed by atoms with Gasteiger partial charge in [0.25, 0.3) is 0 Å². The Morgan fingerprint density at radius 1 is 1.21 bits per heavy atom. The molecule has 0 saturated heterocycles. The number of carboxylic acids is 1. The van der Waals surface area contributed by atoms with Crippen molar-refractivity contribution >= 4 is 31.1 Å². The number of aliphatic carboxylic acids is 1. The SMILES string of the molecule is O=C(O)CN1C(=O)[C@@H](NC(=O)C2(CP(=O)(O)O)CCCC2)CCc2ccccc21. The zero-order chi connectivity index (χ0) is 21.2. The summed E-state index contributed by atoms with van der Waals surface area (Å²) in [6, 6.07) is 6.05. The molecule has 1 atom stereocenters. The standard InChI is InChI=1S/C19H25N2O7P/c22-16(23)11-21-15-6-2-1-5-13(15)7-8-14(17(21)24)20-18(25)19(9-3-4-10-19)12-29(26,27)28/h1-2,5-6,14H,3-4,7-12H2,(H,20,25)(H,22,23)(H2,26,27,28)/t14-/m0/s1.